The minimum Gasteiger partial charge on any atom is -0.481 e. The molecule has 0 aliphatic carbocycles. The van der Waals surface area contributed by atoms with Crippen molar-refractivity contribution in [1.29, 1.82) is 0 Å². The van der Waals surface area contributed by atoms with Gasteiger partial charge in [-0.1, -0.05) is 5.16 Å². The molecule has 2 heterocycles. The number of aromatic nitrogens is 1. The van der Waals surface area contributed by atoms with Crippen molar-refractivity contribution in [3.05, 3.63) is 41.7 Å². The summed E-state index contributed by atoms with van der Waals surface area (Å²) in [6, 6.07) is 5.26. The fraction of sp³-hybridized carbons (Fsp3) is 0.375. The lowest BCUT2D eigenvalue weighted by atomic mass is 9.97. The van der Waals surface area contributed by atoms with Crippen molar-refractivity contribution >= 4 is 5.97 Å². The van der Waals surface area contributed by atoms with Crippen molar-refractivity contribution in [1.82, 2.24) is 10.1 Å². The summed E-state index contributed by atoms with van der Waals surface area (Å²) in [5.74, 6) is -2.25. The first kappa shape index (κ1) is 15.6. The van der Waals surface area contributed by atoms with Crippen LogP contribution < -0.4 is 0 Å². The van der Waals surface area contributed by atoms with Crippen molar-refractivity contribution in [2.24, 2.45) is 5.92 Å². The zero-order chi connectivity index (χ0) is 16.4. The number of rotatable bonds is 4. The third-order valence-electron chi connectivity index (χ3n) is 4.09. The van der Waals surface area contributed by atoms with Gasteiger partial charge in [-0.25, -0.2) is 8.78 Å². The lowest BCUT2D eigenvalue weighted by Crippen LogP contribution is -2.35. The van der Waals surface area contributed by atoms with Gasteiger partial charge in [0.1, 0.15) is 5.69 Å². The topological polar surface area (TPSA) is 66.6 Å². The van der Waals surface area contributed by atoms with E-state index >= 15 is 0 Å². The summed E-state index contributed by atoms with van der Waals surface area (Å²) in [6.07, 6.45) is 1.22. The Morgan fingerprint density at radius 1 is 1.26 bits per heavy atom. The lowest BCUT2D eigenvalue weighted by Gasteiger charge is -2.28. The van der Waals surface area contributed by atoms with Crippen LogP contribution in [0.15, 0.2) is 28.8 Å². The summed E-state index contributed by atoms with van der Waals surface area (Å²) in [6.45, 7) is 1.87. The van der Waals surface area contributed by atoms with E-state index in [2.05, 4.69) is 10.1 Å². The second-order valence-corrected chi connectivity index (χ2v) is 5.70. The highest BCUT2D eigenvalue weighted by atomic mass is 19.2. The molecular weight excluding hydrogens is 306 g/mol. The maximum atomic E-state index is 13.3. The zero-order valence-corrected chi connectivity index (χ0v) is 12.3. The summed E-state index contributed by atoms with van der Waals surface area (Å²) in [7, 11) is 0. The highest BCUT2D eigenvalue weighted by molar-refractivity contribution is 5.70. The van der Waals surface area contributed by atoms with E-state index in [4.69, 9.17) is 9.63 Å². The van der Waals surface area contributed by atoms with Crippen LogP contribution in [0.2, 0.25) is 0 Å². The fourth-order valence-electron chi connectivity index (χ4n) is 2.74. The number of carboxylic acids is 1. The quantitative estimate of drug-likeness (QED) is 0.937. The van der Waals surface area contributed by atoms with Gasteiger partial charge < -0.3 is 9.63 Å². The average molecular weight is 322 g/mol. The van der Waals surface area contributed by atoms with Gasteiger partial charge >= 0.3 is 5.97 Å². The Balaban J connectivity index is 1.64. The molecule has 0 amide bonds. The van der Waals surface area contributed by atoms with Crippen LogP contribution in [0.1, 0.15) is 18.6 Å². The Bertz CT molecular complexity index is 709. The molecule has 0 saturated carbocycles. The number of benzene rings is 1. The van der Waals surface area contributed by atoms with E-state index in [0.717, 1.165) is 12.1 Å². The van der Waals surface area contributed by atoms with Crippen molar-refractivity contribution in [3.8, 4) is 11.3 Å². The molecule has 3 rings (SSSR count). The lowest BCUT2D eigenvalue weighted by molar-refractivity contribution is -0.143. The number of hydrogen-bond donors (Lipinski definition) is 1. The summed E-state index contributed by atoms with van der Waals surface area (Å²) in [4.78, 5) is 13.0. The average Bonchev–Trinajstić information content (AvgIpc) is 2.99. The molecule has 0 spiro atoms. The minimum absolute atomic E-state index is 0.279. The number of nitrogens with zero attached hydrogens (tertiary/aromatic N) is 2. The number of likely N-dealkylation sites (tertiary alicyclic amines) is 1. The molecular formula is C16H16F2N2O3. The van der Waals surface area contributed by atoms with Crippen molar-refractivity contribution in [2.45, 2.75) is 19.4 Å². The number of piperidine rings is 1. The number of halogens is 2. The van der Waals surface area contributed by atoms with Crippen molar-refractivity contribution in [2.75, 3.05) is 13.1 Å². The molecule has 1 N–H and O–H groups in total. The number of hydrogen-bond acceptors (Lipinski definition) is 4. The van der Waals surface area contributed by atoms with Crippen LogP contribution in [0.4, 0.5) is 8.78 Å². The van der Waals surface area contributed by atoms with E-state index in [1.54, 1.807) is 6.07 Å². The van der Waals surface area contributed by atoms with Crippen molar-refractivity contribution in [3.63, 3.8) is 0 Å². The summed E-state index contributed by atoms with van der Waals surface area (Å²) < 4.78 is 31.4. The molecule has 23 heavy (non-hydrogen) atoms. The molecule has 0 bridgehead atoms. The molecule has 1 saturated heterocycles. The number of carboxylic acid groups (broad SMARTS) is 1. The first-order chi connectivity index (χ1) is 11.0. The van der Waals surface area contributed by atoms with Crippen LogP contribution in [-0.4, -0.2) is 34.2 Å². The highest BCUT2D eigenvalue weighted by Gasteiger charge is 2.25. The van der Waals surface area contributed by atoms with Crippen LogP contribution in [0.3, 0.4) is 0 Å². The number of aliphatic carboxylic acids is 1. The Kier molecular flexibility index (Phi) is 4.38. The molecule has 0 atom stereocenters. The molecule has 7 heteroatoms. The molecule has 1 fully saturated rings. The van der Waals surface area contributed by atoms with E-state index < -0.39 is 17.6 Å². The zero-order valence-electron chi connectivity index (χ0n) is 12.3. The van der Waals surface area contributed by atoms with E-state index in [9.17, 15) is 13.6 Å². The van der Waals surface area contributed by atoms with E-state index in [-0.39, 0.29) is 5.92 Å². The van der Waals surface area contributed by atoms with Gasteiger partial charge in [0.05, 0.1) is 12.5 Å². The minimum atomic E-state index is -0.928. The largest absolute Gasteiger partial charge is 0.481 e. The molecule has 1 aromatic heterocycles. The maximum Gasteiger partial charge on any atom is 0.306 e. The molecule has 2 aromatic rings. The number of carbonyl (C=O) groups is 1. The molecule has 1 aliphatic heterocycles. The SMILES string of the molecule is O=C(O)C1CCN(Cc2cc(-c3ccc(F)c(F)c3)no2)CC1. The Labute approximate surface area is 131 Å². The van der Waals surface area contributed by atoms with Crippen LogP contribution in [-0.2, 0) is 11.3 Å². The van der Waals surface area contributed by atoms with Gasteiger partial charge in [0.15, 0.2) is 17.4 Å². The second-order valence-electron chi connectivity index (χ2n) is 5.70. The molecule has 5 nitrogen and oxygen atoms in total. The van der Waals surface area contributed by atoms with E-state index in [1.807, 2.05) is 0 Å². The first-order valence-corrected chi connectivity index (χ1v) is 7.39. The van der Waals surface area contributed by atoms with Gasteiger partial charge in [-0.15, -0.1) is 0 Å². The predicted octanol–water partition coefficient (Wildman–Crippen LogP) is 2.92. The Morgan fingerprint density at radius 2 is 2.00 bits per heavy atom. The third kappa shape index (κ3) is 3.56. The van der Waals surface area contributed by atoms with Crippen molar-refractivity contribution < 1.29 is 23.2 Å². The summed E-state index contributed by atoms with van der Waals surface area (Å²) in [5.41, 5.74) is 0.891. The van der Waals surface area contributed by atoms with Gasteiger partial charge in [0.25, 0.3) is 0 Å². The van der Waals surface area contributed by atoms with E-state index in [0.29, 0.717) is 49.5 Å². The smallest absolute Gasteiger partial charge is 0.306 e. The normalized spacial score (nSPS) is 16.6. The first-order valence-electron chi connectivity index (χ1n) is 7.39. The Hall–Kier alpha value is -2.28. The molecule has 122 valence electrons. The monoisotopic (exact) mass is 322 g/mol. The van der Waals surface area contributed by atoms with Crippen LogP contribution in [0.25, 0.3) is 11.3 Å². The van der Waals surface area contributed by atoms with Crippen LogP contribution >= 0.6 is 0 Å². The highest BCUT2D eigenvalue weighted by Crippen LogP contribution is 2.23. The third-order valence-corrected chi connectivity index (χ3v) is 4.09. The molecule has 0 unspecified atom stereocenters. The standard InChI is InChI=1S/C16H16F2N2O3/c17-13-2-1-11(7-14(13)18)15-8-12(23-19-15)9-20-5-3-10(4-6-20)16(21)22/h1-2,7-8,10H,3-6,9H2,(H,21,22). The fourth-order valence-corrected chi connectivity index (χ4v) is 2.74. The maximum absolute atomic E-state index is 13.3. The van der Waals surface area contributed by atoms with Gasteiger partial charge in [-0.3, -0.25) is 9.69 Å². The predicted molar refractivity (Wildman–Crippen MR) is 77.5 cm³/mol. The van der Waals surface area contributed by atoms with Crippen LogP contribution in [0, 0.1) is 17.6 Å². The second kappa shape index (κ2) is 6.45. The van der Waals surface area contributed by atoms with Gasteiger partial charge in [-0.2, -0.15) is 0 Å². The van der Waals surface area contributed by atoms with E-state index in [1.165, 1.54) is 6.07 Å². The molecule has 1 aromatic carbocycles. The summed E-state index contributed by atoms with van der Waals surface area (Å²) in [5, 5.41) is 12.9. The molecule has 1 aliphatic rings. The van der Waals surface area contributed by atoms with Crippen LogP contribution in [0.5, 0.6) is 0 Å². The van der Waals surface area contributed by atoms with Gasteiger partial charge in [-0.05, 0) is 44.1 Å². The van der Waals surface area contributed by atoms with Gasteiger partial charge in [0.2, 0.25) is 0 Å². The van der Waals surface area contributed by atoms with Gasteiger partial charge in [0, 0.05) is 11.6 Å². The Morgan fingerprint density at radius 3 is 2.65 bits per heavy atom. The summed E-state index contributed by atoms with van der Waals surface area (Å²) >= 11 is 0. The molecule has 0 radical (unpaired) electrons.